The summed E-state index contributed by atoms with van der Waals surface area (Å²) in [4.78, 5) is 11.8. The Morgan fingerprint density at radius 2 is 2.11 bits per heavy atom. The molecule has 1 fully saturated rings. The minimum atomic E-state index is -0.708. The third-order valence-corrected chi connectivity index (χ3v) is 3.98. The summed E-state index contributed by atoms with van der Waals surface area (Å²) in [7, 11) is 0. The molecule has 2 rings (SSSR count). The summed E-state index contributed by atoms with van der Waals surface area (Å²) in [6.45, 7) is 1.24. The van der Waals surface area contributed by atoms with Gasteiger partial charge in [0.15, 0.2) is 0 Å². The Hall–Kier alpha value is -1.07. The summed E-state index contributed by atoms with van der Waals surface area (Å²) in [5.74, 6) is -0.316. The number of rotatable bonds is 3. The second kappa shape index (κ2) is 5.71. The zero-order chi connectivity index (χ0) is 13.0. The Morgan fingerprint density at radius 1 is 1.33 bits per heavy atom. The Morgan fingerprint density at radius 3 is 2.83 bits per heavy atom. The van der Waals surface area contributed by atoms with Crippen LogP contribution in [0.4, 0.5) is 5.69 Å². The first kappa shape index (κ1) is 13.4. The molecule has 1 aromatic carbocycles. The lowest BCUT2D eigenvalue weighted by molar-refractivity contribution is -0.122. The zero-order valence-electron chi connectivity index (χ0n) is 10.1. The van der Waals surface area contributed by atoms with Gasteiger partial charge < -0.3 is 15.8 Å². The molecule has 1 aliphatic heterocycles. The van der Waals surface area contributed by atoms with Gasteiger partial charge in [0.25, 0.3) is 0 Å². The maximum atomic E-state index is 11.8. The number of carbonyl (C=O) groups is 1. The molecule has 1 heterocycles. The minimum Gasteiger partial charge on any atom is -0.381 e. The van der Waals surface area contributed by atoms with Crippen molar-refractivity contribution >= 4 is 27.5 Å². The highest BCUT2D eigenvalue weighted by atomic mass is 79.9. The van der Waals surface area contributed by atoms with Crippen molar-refractivity contribution in [3.05, 3.63) is 28.7 Å². The van der Waals surface area contributed by atoms with E-state index in [0.29, 0.717) is 26.1 Å². The van der Waals surface area contributed by atoms with Gasteiger partial charge in [0, 0.05) is 29.8 Å². The molecule has 3 N–H and O–H groups in total. The Balaban J connectivity index is 2.25. The summed E-state index contributed by atoms with van der Waals surface area (Å²) in [5.41, 5.74) is 5.78. The molecule has 0 bridgehead atoms. The molecule has 18 heavy (non-hydrogen) atoms. The first-order valence-corrected chi connectivity index (χ1v) is 6.84. The third kappa shape index (κ3) is 2.84. The quantitative estimate of drug-likeness (QED) is 0.900. The highest BCUT2D eigenvalue weighted by Gasteiger charge is 2.37. The van der Waals surface area contributed by atoms with Gasteiger partial charge >= 0.3 is 0 Å². The molecule has 1 unspecified atom stereocenters. The number of anilines is 1. The van der Waals surface area contributed by atoms with Gasteiger partial charge in [-0.1, -0.05) is 12.1 Å². The van der Waals surface area contributed by atoms with Crippen molar-refractivity contribution in [1.29, 1.82) is 0 Å². The molecule has 1 amide bonds. The SMILES string of the molecule is NC(=O)C1(Nc2ccccc2Br)CCCOCC1. The van der Waals surface area contributed by atoms with Crippen LogP contribution in [0.2, 0.25) is 0 Å². The number of ether oxygens (including phenoxy) is 1. The van der Waals surface area contributed by atoms with E-state index in [1.165, 1.54) is 0 Å². The van der Waals surface area contributed by atoms with Crippen LogP contribution in [-0.2, 0) is 9.53 Å². The van der Waals surface area contributed by atoms with Crippen molar-refractivity contribution in [2.75, 3.05) is 18.5 Å². The molecule has 0 radical (unpaired) electrons. The fourth-order valence-corrected chi connectivity index (χ4v) is 2.59. The largest absolute Gasteiger partial charge is 0.381 e. The molecule has 0 spiro atoms. The number of nitrogens with two attached hydrogens (primary N) is 1. The average molecular weight is 313 g/mol. The number of nitrogens with one attached hydrogen (secondary N) is 1. The van der Waals surface area contributed by atoms with Crippen LogP contribution in [0.25, 0.3) is 0 Å². The molecule has 0 aromatic heterocycles. The van der Waals surface area contributed by atoms with Crippen LogP contribution >= 0.6 is 15.9 Å². The number of amides is 1. The molecule has 1 aromatic rings. The summed E-state index contributed by atoms with van der Waals surface area (Å²) in [6.07, 6.45) is 2.13. The van der Waals surface area contributed by atoms with Crippen molar-refractivity contribution < 1.29 is 9.53 Å². The number of primary amides is 1. The van der Waals surface area contributed by atoms with Crippen LogP contribution in [0.15, 0.2) is 28.7 Å². The Labute approximate surface area is 115 Å². The summed E-state index contributed by atoms with van der Waals surface area (Å²) >= 11 is 3.47. The number of hydrogen-bond acceptors (Lipinski definition) is 3. The number of hydrogen-bond donors (Lipinski definition) is 2. The third-order valence-electron chi connectivity index (χ3n) is 3.28. The van der Waals surface area contributed by atoms with Crippen molar-refractivity contribution in [3.8, 4) is 0 Å². The summed E-state index contributed by atoms with van der Waals surface area (Å²) in [6, 6.07) is 7.72. The van der Waals surface area contributed by atoms with Gasteiger partial charge in [0.1, 0.15) is 5.54 Å². The second-order valence-electron chi connectivity index (χ2n) is 4.52. The van der Waals surface area contributed by atoms with E-state index in [1.54, 1.807) is 0 Å². The van der Waals surface area contributed by atoms with Crippen LogP contribution in [0, 0.1) is 0 Å². The van der Waals surface area contributed by atoms with Gasteiger partial charge in [-0.05, 0) is 40.9 Å². The average Bonchev–Trinajstić information content (AvgIpc) is 2.59. The van der Waals surface area contributed by atoms with Crippen molar-refractivity contribution in [1.82, 2.24) is 0 Å². The van der Waals surface area contributed by atoms with E-state index < -0.39 is 5.54 Å². The first-order chi connectivity index (χ1) is 8.64. The summed E-state index contributed by atoms with van der Waals surface area (Å²) in [5, 5.41) is 3.30. The molecular weight excluding hydrogens is 296 g/mol. The molecule has 98 valence electrons. The van der Waals surface area contributed by atoms with Crippen LogP contribution in [0.3, 0.4) is 0 Å². The maximum absolute atomic E-state index is 11.8. The van der Waals surface area contributed by atoms with E-state index in [2.05, 4.69) is 21.2 Å². The Kier molecular flexibility index (Phi) is 4.24. The predicted octanol–water partition coefficient (Wildman–Crippen LogP) is 2.29. The molecule has 5 heteroatoms. The van der Waals surface area contributed by atoms with Gasteiger partial charge in [-0.3, -0.25) is 4.79 Å². The first-order valence-electron chi connectivity index (χ1n) is 6.04. The van der Waals surface area contributed by atoms with E-state index in [9.17, 15) is 4.79 Å². The van der Waals surface area contributed by atoms with Gasteiger partial charge in [0.05, 0.1) is 0 Å². The number of benzene rings is 1. The molecular formula is C13H17BrN2O2. The van der Waals surface area contributed by atoms with Crippen LogP contribution in [0.1, 0.15) is 19.3 Å². The van der Waals surface area contributed by atoms with Gasteiger partial charge in [0.2, 0.25) is 5.91 Å². The normalized spacial score (nSPS) is 24.3. The zero-order valence-corrected chi connectivity index (χ0v) is 11.7. The standard InChI is InChI=1S/C13H17BrN2O2/c14-10-4-1-2-5-11(10)16-13(12(15)17)6-3-8-18-9-7-13/h1-2,4-5,16H,3,6-9H2,(H2,15,17). The van der Waals surface area contributed by atoms with Crippen molar-refractivity contribution in [2.24, 2.45) is 5.73 Å². The lowest BCUT2D eigenvalue weighted by atomic mass is 9.89. The van der Waals surface area contributed by atoms with Crippen molar-refractivity contribution in [2.45, 2.75) is 24.8 Å². The molecule has 1 aliphatic rings. The van der Waals surface area contributed by atoms with E-state index >= 15 is 0 Å². The van der Waals surface area contributed by atoms with E-state index in [1.807, 2.05) is 24.3 Å². The second-order valence-corrected chi connectivity index (χ2v) is 5.37. The van der Waals surface area contributed by atoms with E-state index in [-0.39, 0.29) is 5.91 Å². The Bertz CT molecular complexity index is 429. The van der Waals surface area contributed by atoms with Gasteiger partial charge in [-0.2, -0.15) is 0 Å². The fourth-order valence-electron chi connectivity index (χ4n) is 2.20. The monoisotopic (exact) mass is 312 g/mol. The molecule has 1 saturated heterocycles. The van der Waals surface area contributed by atoms with Crippen LogP contribution in [0.5, 0.6) is 0 Å². The number of halogens is 1. The molecule has 1 atom stereocenters. The highest BCUT2D eigenvalue weighted by Crippen LogP contribution is 2.30. The van der Waals surface area contributed by atoms with Crippen molar-refractivity contribution in [3.63, 3.8) is 0 Å². The van der Waals surface area contributed by atoms with Gasteiger partial charge in [-0.25, -0.2) is 0 Å². The van der Waals surface area contributed by atoms with E-state index in [0.717, 1.165) is 16.6 Å². The molecule has 0 saturated carbocycles. The van der Waals surface area contributed by atoms with Crippen LogP contribution in [-0.4, -0.2) is 24.7 Å². The maximum Gasteiger partial charge on any atom is 0.243 e. The smallest absolute Gasteiger partial charge is 0.243 e. The fraction of sp³-hybridized carbons (Fsp3) is 0.462. The lowest BCUT2D eigenvalue weighted by Crippen LogP contribution is -2.50. The molecule has 0 aliphatic carbocycles. The van der Waals surface area contributed by atoms with Gasteiger partial charge in [-0.15, -0.1) is 0 Å². The summed E-state index contributed by atoms with van der Waals surface area (Å²) < 4.78 is 6.34. The minimum absolute atomic E-state index is 0.316. The highest BCUT2D eigenvalue weighted by molar-refractivity contribution is 9.10. The predicted molar refractivity (Wildman–Crippen MR) is 74.4 cm³/mol. The van der Waals surface area contributed by atoms with E-state index in [4.69, 9.17) is 10.5 Å². The number of carbonyl (C=O) groups excluding carboxylic acids is 1. The number of para-hydroxylation sites is 1. The topological polar surface area (TPSA) is 64.4 Å². The molecule has 4 nitrogen and oxygen atoms in total. The van der Waals surface area contributed by atoms with Crippen LogP contribution < -0.4 is 11.1 Å². The lowest BCUT2D eigenvalue weighted by Gasteiger charge is -2.31.